The summed E-state index contributed by atoms with van der Waals surface area (Å²) >= 11 is 0. The first-order valence-electron chi connectivity index (χ1n) is 9.11. The minimum Gasteiger partial charge on any atom is -0.334 e. The summed E-state index contributed by atoms with van der Waals surface area (Å²) < 4.78 is 1.74. The van der Waals surface area contributed by atoms with Gasteiger partial charge < -0.3 is 5.32 Å². The van der Waals surface area contributed by atoms with Crippen molar-refractivity contribution in [1.82, 2.24) is 20.1 Å². The lowest BCUT2D eigenvalue weighted by atomic mass is 9.82. The Balaban J connectivity index is 1.77. The molecule has 0 atom stereocenters. The lowest BCUT2D eigenvalue weighted by molar-refractivity contribution is 0.0904. The van der Waals surface area contributed by atoms with Gasteiger partial charge in [0.1, 0.15) is 5.54 Å². The van der Waals surface area contributed by atoms with Gasteiger partial charge in [-0.2, -0.15) is 10.4 Å². The van der Waals surface area contributed by atoms with Crippen molar-refractivity contribution < 1.29 is 4.79 Å². The predicted octanol–water partition coefficient (Wildman–Crippen LogP) is 3.11. The van der Waals surface area contributed by atoms with Crippen molar-refractivity contribution in [1.29, 1.82) is 5.26 Å². The van der Waals surface area contributed by atoms with Crippen molar-refractivity contribution in [3.8, 4) is 6.07 Å². The quantitative estimate of drug-likeness (QED) is 0.933. The Morgan fingerprint density at radius 1 is 1.36 bits per heavy atom. The lowest BCUT2D eigenvalue weighted by Crippen LogP contribution is -2.48. The van der Waals surface area contributed by atoms with Gasteiger partial charge in [-0.3, -0.25) is 9.48 Å². The normalized spacial score (nSPS) is 19.6. The molecule has 2 aromatic heterocycles. The Kier molecular flexibility index (Phi) is 3.75. The number of nitrogens with one attached hydrogen (secondary N) is 1. The highest BCUT2D eigenvalue weighted by Gasteiger charge is 2.35. The molecule has 1 N–H and O–H groups in total. The molecule has 2 saturated carbocycles. The molecule has 0 saturated heterocycles. The summed E-state index contributed by atoms with van der Waals surface area (Å²) in [5.41, 5.74) is 2.39. The topological polar surface area (TPSA) is 83.6 Å². The molecule has 0 bridgehead atoms. The largest absolute Gasteiger partial charge is 0.334 e. The van der Waals surface area contributed by atoms with E-state index < -0.39 is 5.54 Å². The van der Waals surface area contributed by atoms with Crippen LogP contribution in [0, 0.1) is 18.3 Å². The van der Waals surface area contributed by atoms with E-state index in [0.29, 0.717) is 11.5 Å². The van der Waals surface area contributed by atoms with Gasteiger partial charge in [-0.25, -0.2) is 4.98 Å². The highest BCUT2D eigenvalue weighted by atomic mass is 16.1. The molecule has 2 fully saturated rings. The van der Waals surface area contributed by atoms with Crippen molar-refractivity contribution in [3.63, 3.8) is 0 Å². The van der Waals surface area contributed by atoms with Crippen molar-refractivity contribution in [3.05, 3.63) is 23.0 Å². The Morgan fingerprint density at radius 3 is 2.72 bits per heavy atom. The van der Waals surface area contributed by atoms with Crippen molar-refractivity contribution in [2.75, 3.05) is 0 Å². The van der Waals surface area contributed by atoms with Crippen LogP contribution in [0.2, 0.25) is 0 Å². The zero-order chi connectivity index (χ0) is 17.6. The third-order valence-corrected chi connectivity index (χ3v) is 5.50. The summed E-state index contributed by atoms with van der Waals surface area (Å²) in [5.74, 6) is 0.277. The van der Waals surface area contributed by atoms with E-state index in [0.717, 1.165) is 67.4 Å². The van der Waals surface area contributed by atoms with E-state index in [1.165, 1.54) is 0 Å². The third kappa shape index (κ3) is 2.78. The maximum Gasteiger partial charge on any atom is 0.253 e. The number of aromatic nitrogens is 3. The molecule has 0 aromatic carbocycles. The SMILES string of the molecule is Cc1nn(C)c2nc(C3CC3)cc(C(=O)NC3(C#N)CCCCC3)c12. The second-order valence-electron chi connectivity index (χ2n) is 7.49. The maximum atomic E-state index is 13.1. The van der Waals surface area contributed by atoms with E-state index in [4.69, 9.17) is 4.98 Å². The molecule has 2 aliphatic rings. The minimum atomic E-state index is -0.735. The Bertz CT molecular complexity index is 881. The summed E-state index contributed by atoms with van der Waals surface area (Å²) in [7, 11) is 1.86. The van der Waals surface area contributed by atoms with Crippen LogP contribution in [0.4, 0.5) is 0 Å². The lowest BCUT2D eigenvalue weighted by Gasteiger charge is -2.31. The zero-order valence-electron chi connectivity index (χ0n) is 14.8. The van der Waals surface area contributed by atoms with Crippen LogP contribution >= 0.6 is 0 Å². The van der Waals surface area contributed by atoms with Crippen LogP contribution < -0.4 is 5.32 Å². The van der Waals surface area contributed by atoms with Crippen LogP contribution in [0.25, 0.3) is 11.0 Å². The van der Waals surface area contributed by atoms with Crippen LogP contribution in [0.1, 0.15) is 72.6 Å². The molecule has 4 rings (SSSR count). The minimum absolute atomic E-state index is 0.172. The van der Waals surface area contributed by atoms with E-state index in [9.17, 15) is 10.1 Å². The number of carbonyl (C=O) groups excluding carboxylic acids is 1. The number of rotatable bonds is 3. The van der Waals surface area contributed by atoms with Gasteiger partial charge in [-0.1, -0.05) is 19.3 Å². The predicted molar refractivity (Wildman–Crippen MR) is 94.1 cm³/mol. The van der Waals surface area contributed by atoms with Gasteiger partial charge in [0, 0.05) is 18.7 Å². The molecule has 0 spiro atoms. The standard InChI is InChI=1S/C19H23N5O/c1-12-16-14(18(25)22-19(11-20)8-4-3-5-9-19)10-15(13-6-7-13)21-17(16)24(2)23-12/h10,13H,3-9H2,1-2H3,(H,22,25). The summed E-state index contributed by atoms with van der Waals surface area (Å²) in [5, 5.41) is 18.0. The number of hydrogen-bond acceptors (Lipinski definition) is 4. The number of fused-ring (bicyclic) bond motifs is 1. The summed E-state index contributed by atoms with van der Waals surface area (Å²) in [6.07, 6.45) is 6.80. The molecule has 0 unspecified atom stereocenters. The van der Waals surface area contributed by atoms with E-state index >= 15 is 0 Å². The van der Waals surface area contributed by atoms with E-state index in [1.54, 1.807) is 4.68 Å². The fraction of sp³-hybridized carbons (Fsp3) is 0.579. The number of hydrogen-bond donors (Lipinski definition) is 1. The van der Waals surface area contributed by atoms with Gasteiger partial charge in [0.05, 0.1) is 22.7 Å². The molecular formula is C19H23N5O. The average molecular weight is 337 g/mol. The van der Waals surface area contributed by atoms with Crippen molar-refractivity contribution >= 4 is 16.9 Å². The average Bonchev–Trinajstić information content (AvgIpc) is 3.42. The van der Waals surface area contributed by atoms with Crippen LogP contribution in [0.15, 0.2) is 6.07 Å². The molecule has 25 heavy (non-hydrogen) atoms. The molecule has 2 aliphatic carbocycles. The number of pyridine rings is 1. The van der Waals surface area contributed by atoms with E-state index in [2.05, 4.69) is 16.5 Å². The molecule has 6 nitrogen and oxygen atoms in total. The van der Waals surface area contributed by atoms with Gasteiger partial charge in [0.15, 0.2) is 5.65 Å². The number of nitriles is 1. The number of nitrogens with zero attached hydrogens (tertiary/aromatic N) is 4. The van der Waals surface area contributed by atoms with Gasteiger partial charge in [0.25, 0.3) is 5.91 Å². The monoisotopic (exact) mass is 337 g/mol. The number of aryl methyl sites for hydroxylation is 2. The van der Waals surface area contributed by atoms with Gasteiger partial charge in [0.2, 0.25) is 0 Å². The number of carbonyl (C=O) groups is 1. The Labute approximate surface area is 147 Å². The van der Waals surface area contributed by atoms with Crippen LogP contribution in [0.3, 0.4) is 0 Å². The highest BCUT2D eigenvalue weighted by molar-refractivity contribution is 6.07. The molecular weight excluding hydrogens is 314 g/mol. The summed E-state index contributed by atoms with van der Waals surface area (Å²) in [6, 6.07) is 4.28. The first-order chi connectivity index (χ1) is 12.0. The smallest absolute Gasteiger partial charge is 0.253 e. The number of amides is 1. The zero-order valence-corrected chi connectivity index (χ0v) is 14.8. The summed E-state index contributed by atoms with van der Waals surface area (Å²) in [4.78, 5) is 17.9. The summed E-state index contributed by atoms with van der Waals surface area (Å²) in [6.45, 7) is 1.90. The van der Waals surface area contributed by atoms with Gasteiger partial charge in [-0.05, 0) is 38.7 Å². The Morgan fingerprint density at radius 2 is 2.08 bits per heavy atom. The molecule has 2 aromatic rings. The van der Waals surface area contributed by atoms with E-state index in [1.807, 2.05) is 20.0 Å². The first-order valence-corrected chi connectivity index (χ1v) is 9.11. The molecule has 6 heteroatoms. The van der Waals surface area contributed by atoms with Gasteiger partial charge >= 0.3 is 0 Å². The van der Waals surface area contributed by atoms with Gasteiger partial charge in [-0.15, -0.1) is 0 Å². The first kappa shape index (κ1) is 16.1. The molecule has 130 valence electrons. The second kappa shape index (κ2) is 5.83. The highest BCUT2D eigenvalue weighted by Crippen LogP contribution is 2.40. The molecule has 0 radical (unpaired) electrons. The van der Waals surface area contributed by atoms with Crippen LogP contribution in [-0.2, 0) is 7.05 Å². The molecule has 1 amide bonds. The maximum absolute atomic E-state index is 13.1. The van der Waals surface area contributed by atoms with E-state index in [-0.39, 0.29) is 5.91 Å². The Hall–Kier alpha value is -2.42. The van der Waals surface area contributed by atoms with Crippen molar-refractivity contribution in [2.24, 2.45) is 7.05 Å². The fourth-order valence-corrected chi connectivity index (χ4v) is 3.94. The molecule has 2 heterocycles. The third-order valence-electron chi connectivity index (χ3n) is 5.50. The van der Waals surface area contributed by atoms with Crippen LogP contribution in [-0.4, -0.2) is 26.2 Å². The molecule has 0 aliphatic heterocycles. The van der Waals surface area contributed by atoms with Crippen LogP contribution in [0.5, 0.6) is 0 Å². The fourth-order valence-electron chi connectivity index (χ4n) is 3.94. The second-order valence-corrected chi connectivity index (χ2v) is 7.49. The van der Waals surface area contributed by atoms with Crippen molar-refractivity contribution in [2.45, 2.75) is 63.3 Å².